The van der Waals surface area contributed by atoms with Gasteiger partial charge in [0.25, 0.3) is 0 Å². The minimum atomic E-state index is -0.318. The molecule has 0 aliphatic heterocycles. The molecule has 0 saturated heterocycles. The van der Waals surface area contributed by atoms with Crippen LogP contribution in [0.1, 0.15) is 36.5 Å². The number of carbonyl (C=O) groups is 1. The zero-order valence-corrected chi connectivity index (χ0v) is 9.68. The van der Waals surface area contributed by atoms with E-state index in [1.807, 2.05) is 31.2 Å². The van der Waals surface area contributed by atoms with Crippen molar-refractivity contribution in [1.82, 2.24) is 0 Å². The van der Waals surface area contributed by atoms with Gasteiger partial charge in [0.1, 0.15) is 17.3 Å². The monoisotopic (exact) mass is 233 g/mol. The maximum atomic E-state index is 10.7. The summed E-state index contributed by atoms with van der Waals surface area (Å²) < 4.78 is 11.0. The number of rotatable bonds is 5. The molecule has 0 bridgehead atoms. The molecule has 0 aliphatic rings. The molecule has 0 aliphatic carbocycles. The van der Waals surface area contributed by atoms with Gasteiger partial charge in [0, 0.05) is 12.8 Å². The maximum absolute atomic E-state index is 10.7. The van der Waals surface area contributed by atoms with Gasteiger partial charge in [0.2, 0.25) is 5.91 Å². The maximum Gasteiger partial charge on any atom is 0.217 e. The zero-order chi connectivity index (χ0) is 12.3. The molecule has 2 aromatic rings. The average Bonchev–Trinajstić information content (AvgIpc) is 2.97. The number of furan rings is 2. The number of nitrogens with two attached hydrogens (primary N) is 1. The van der Waals surface area contributed by atoms with E-state index in [-0.39, 0.29) is 11.8 Å². The Morgan fingerprint density at radius 2 is 2.18 bits per heavy atom. The van der Waals surface area contributed by atoms with Crippen LogP contribution in [0.3, 0.4) is 0 Å². The predicted molar refractivity (Wildman–Crippen MR) is 62.4 cm³/mol. The number of hydrogen-bond acceptors (Lipinski definition) is 3. The Bertz CT molecular complexity index is 484. The van der Waals surface area contributed by atoms with E-state index in [4.69, 9.17) is 14.6 Å². The largest absolute Gasteiger partial charge is 0.469 e. The van der Waals surface area contributed by atoms with Gasteiger partial charge in [-0.25, -0.2) is 0 Å². The second kappa shape index (κ2) is 4.91. The highest BCUT2D eigenvalue weighted by Crippen LogP contribution is 2.26. The molecule has 0 radical (unpaired) electrons. The van der Waals surface area contributed by atoms with Gasteiger partial charge in [-0.2, -0.15) is 0 Å². The molecule has 0 saturated carbocycles. The van der Waals surface area contributed by atoms with Gasteiger partial charge in [-0.1, -0.05) is 0 Å². The van der Waals surface area contributed by atoms with Crippen LogP contribution in [-0.4, -0.2) is 5.91 Å². The highest BCUT2D eigenvalue weighted by atomic mass is 16.4. The summed E-state index contributed by atoms with van der Waals surface area (Å²) in [5.41, 5.74) is 5.09. The molecule has 1 amide bonds. The Morgan fingerprint density at radius 3 is 2.82 bits per heavy atom. The highest BCUT2D eigenvalue weighted by Gasteiger charge is 2.15. The molecular formula is C13H15NO3. The van der Waals surface area contributed by atoms with E-state index in [1.54, 1.807) is 6.26 Å². The lowest BCUT2D eigenvalue weighted by Gasteiger charge is -2.04. The van der Waals surface area contributed by atoms with Crippen LogP contribution >= 0.6 is 0 Å². The first-order valence-corrected chi connectivity index (χ1v) is 5.57. The van der Waals surface area contributed by atoms with Crippen LogP contribution in [0, 0.1) is 0 Å². The standard InChI is InChI=1S/C13H15NO3/c1-9(11-3-2-8-16-11)12-6-4-10(17-12)5-7-13(14)15/h2-4,6,8-9H,5,7H2,1H3,(H2,14,15)/t9-/m0/s1. The van der Waals surface area contributed by atoms with Crippen molar-refractivity contribution >= 4 is 5.91 Å². The van der Waals surface area contributed by atoms with Gasteiger partial charge < -0.3 is 14.6 Å². The minimum absolute atomic E-state index is 0.0762. The van der Waals surface area contributed by atoms with E-state index < -0.39 is 0 Å². The first kappa shape index (κ1) is 11.5. The number of amides is 1. The van der Waals surface area contributed by atoms with E-state index in [9.17, 15) is 4.79 Å². The van der Waals surface area contributed by atoms with Crippen molar-refractivity contribution in [2.45, 2.75) is 25.7 Å². The predicted octanol–water partition coefficient (Wildman–Crippen LogP) is 2.44. The summed E-state index contributed by atoms with van der Waals surface area (Å²) in [6.07, 6.45) is 2.49. The Kier molecular flexibility index (Phi) is 3.32. The van der Waals surface area contributed by atoms with Crippen LogP contribution in [-0.2, 0) is 11.2 Å². The average molecular weight is 233 g/mol. The van der Waals surface area contributed by atoms with E-state index in [1.165, 1.54) is 0 Å². The van der Waals surface area contributed by atoms with Crippen LogP contribution in [0.2, 0.25) is 0 Å². The number of hydrogen-bond donors (Lipinski definition) is 1. The van der Waals surface area contributed by atoms with Gasteiger partial charge in [-0.3, -0.25) is 4.79 Å². The lowest BCUT2D eigenvalue weighted by atomic mass is 10.1. The number of carbonyl (C=O) groups excluding carboxylic acids is 1. The highest BCUT2D eigenvalue weighted by molar-refractivity contribution is 5.73. The van der Waals surface area contributed by atoms with Gasteiger partial charge in [0.05, 0.1) is 12.2 Å². The van der Waals surface area contributed by atoms with Gasteiger partial charge >= 0.3 is 0 Å². The summed E-state index contributed by atoms with van der Waals surface area (Å²) in [7, 11) is 0. The van der Waals surface area contributed by atoms with Crippen LogP contribution in [0.15, 0.2) is 39.4 Å². The van der Waals surface area contributed by atoms with Gasteiger partial charge in [-0.05, 0) is 31.2 Å². The van der Waals surface area contributed by atoms with Crippen molar-refractivity contribution in [2.75, 3.05) is 0 Å². The van der Waals surface area contributed by atoms with Crippen LogP contribution in [0.4, 0.5) is 0 Å². The zero-order valence-electron chi connectivity index (χ0n) is 9.68. The van der Waals surface area contributed by atoms with Crippen molar-refractivity contribution in [3.05, 3.63) is 47.8 Å². The fraction of sp³-hybridized carbons (Fsp3) is 0.308. The lowest BCUT2D eigenvalue weighted by molar-refractivity contribution is -0.118. The molecule has 2 N–H and O–H groups in total. The molecule has 2 heterocycles. The fourth-order valence-corrected chi connectivity index (χ4v) is 1.69. The summed E-state index contributed by atoms with van der Waals surface area (Å²) in [5, 5.41) is 0. The summed E-state index contributed by atoms with van der Waals surface area (Å²) >= 11 is 0. The van der Waals surface area contributed by atoms with Crippen molar-refractivity contribution < 1.29 is 13.6 Å². The van der Waals surface area contributed by atoms with Crippen LogP contribution in [0.5, 0.6) is 0 Å². The Labute approximate surface area is 99.4 Å². The quantitative estimate of drug-likeness (QED) is 0.862. The third kappa shape index (κ3) is 2.78. The summed E-state index contributed by atoms with van der Waals surface area (Å²) in [4.78, 5) is 10.7. The number of aryl methyl sites for hydroxylation is 1. The number of primary amides is 1. The molecule has 0 fully saturated rings. The molecule has 0 aromatic carbocycles. The Hall–Kier alpha value is -1.97. The van der Waals surface area contributed by atoms with E-state index in [2.05, 4.69) is 0 Å². The van der Waals surface area contributed by atoms with Crippen LogP contribution in [0.25, 0.3) is 0 Å². The topological polar surface area (TPSA) is 69.4 Å². The summed E-state index contributed by atoms with van der Waals surface area (Å²) in [6.45, 7) is 2.01. The second-order valence-corrected chi connectivity index (χ2v) is 4.01. The fourth-order valence-electron chi connectivity index (χ4n) is 1.69. The SMILES string of the molecule is C[C@@H](c1ccco1)c1ccc(CCC(N)=O)o1. The third-order valence-corrected chi connectivity index (χ3v) is 2.70. The first-order valence-electron chi connectivity index (χ1n) is 5.57. The Balaban J connectivity index is 2.05. The molecule has 0 unspecified atom stereocenters. The van der Waals surface area contributed by atoms with Crippen molar-refractivity contribution in [2.24, 2.45) is 5.73 Å². The lowest BCUT2D eigenvalue weighted by Crippen LogP contribution is -2.10. The molecule has 90 valence electrons. The minimum Gasteiger partial charge on any atom is -0.469 e. The van der Waals surface area contributed by atoms with Crippen LogP contribution < -0.4 is 5.73 Å². The van der Waals surface area contributed by atoms with Crippen molar-refractivity contribution in [1.29, 1.82) is 0 Å². The Morgan fingerprint density at radius 1 is 1.35 bits per heavy atom. The van der Waals surface area contributed by atoms with Crippen molar-refractivity contribution in [3.63, 3.8) is 0 Å². The smallest absolute Gasteiger partial charge is 0.217 e. The first-order chi connectivity index (χ1) is 8.16. The molecule has 17 heavy (non-hydrogen) atoms. The third-order valence-electron chi connectivity index (χ3n) is 2.70. The van der Waals surface area contributed by atoms with Gasteiger partial charge in [0.15, 0.2) is 0 Å². The van der Waals surface area contributed by atoms with E-state index >= 15 is 0 Å². The molecular weight excluding hydrogens is 218 g/mol. The summed E-state index contributed by atoms with van der Waals surface area (Å²) in [5.74, 6) is 2.23. The second-order valence-electron chi connectivity index (χ2n) is 4.01. The summed E-state index contributed by atoms with van der Waals surface area (Å²) in [6, 6.07) is 7.54. The molecule has 0 spiro atoms. The van der Waals surface area contributed by atoms with E-state index in [0.717, 1.165) is 17.3 Å². The normalized spacial score (nSPS) is 12.5. The van der Waals surface area contributed by atoms with Crippen molar-refractivity contribution in [3.8, 4) is 0 Å². The van der Waals surface area contributed by atoms with E-state index in [0.29, 0.717) is 12.8 Å². The molecule has 2 rings (SSSR count). The molecule has 4 nitrogen and oxygen atoms in total. The molecule has 1 atom stereocenters. The molecule has 4 heteroatoms. The van der Waals surface area contributed by atoms with Gasteiger partial charge in [-0.15, -0.1) is 0 Å². The molecule has 2 aromatic heterocycles.